The van der Waals surface area contributed by atoms with Crippen molar-refractivity contribution in [1.82, 2.24) is 35.0 Å². The molecule has 1 saturated heterocycles. The number of pyridine rings is 1. The van der Waals surface area contributed by atoms with Crippen LogP contribution < -0.4 is 0 Å². The van der Waals surface area contributed by atoms with Crippen molar-refractivity contribution < 1.29 is 14.0 Å². The van der Waals surface area contributed by atoms with Gasteiger partial charge in [0.05, 0.1) is 11.1 Å². The third-order valence-electron chi connectivity index (χ3n) is 4.74. The topological polar surface area (TPSA) is 97.1 Å². The van der Waals surface area contributed by atoms with E-state index in [9.17, 15) is 14.0 Å². The van der Waals surface area contributed by atoms with Crippen LogP contribution in [-0.2, 0) is 11.3 Å². The number of rotatable bonds is 3. The summed E-state index contributed by atoms with van der Waals surface area (Å²) in [7, 11) is 0. The van der Waals surface area contributed by atoms with Gasteiger partial charge in [-0.05, 0) is 35.5 Å². The molecule has 1 aromatic carbocycles. The summed E-state index contributed by atoms with van der Waals surface area (Å²) in [5.41, 5.74) is 1.60. The quantitative estimate of drug-likeness (QED) is 0.659. The van der Waals surface area contributed by atoms with Crippen molar-refractivity contribution in [2.45, 2.75) is 13.5 Å². The molecular formula is C18H18FN7O2. The fourth-order valence-corrected chi connectivity index (χ4v) is 3.33. The molecule has 1 fully saturated rings. The fourth-order valence-electron chi connectivity index (χ4n) is 3.33. The minimum atomic E-state index is -0.390. The van der Waals surface area contributed by atoms with E-state index in [1.54, 1.807) is 28.9 Å². The molecule has 0 aliphatic carbocycles. The number of halogens is 1. The van der Waals surface area contributed by atoms with E-state index in [0.29, 0.717) is 48.3 Å². The van der Waals surface area contributed by atoms with Gasteiger partial charge in [-0.25, -0.2) is 9.07 Å². The van der Waals surface area contributed by atoms with Gasteiger partial charge in [0.25, 0.3) is 5.91 Å². The van der Waals surface area contributed by atoms with Crippen molar-refractivity contribution in [1.29, 1.82) is 0 Å². The van der Waals surface area contributed by atoms with Crippen molar-refractivity contribution >= 4 is 22.7 Å². The highest BCUT2D eigenvalue weighted by Crippen LogP contribution is 2.21. The van der Waals surface area contributed by atoms with Crippen LogP contribution in [0.1, 0.15) is 16.1 Å². The first kappa shape index (κ1) is 18.0. The summed E-state index contributed by atoms with van der Waals surface area (Å²) in [6.45, 7) is 3.55. The average molecular weight is 383 g/mol. The number of carbonyl (C=O) groups excluding carboxylic acids is 2. The van der Waals surface area contributed by atoms with Crippen molar-refractivity contribution in [3.63, 3.8) is 0 Å². The van der Waals surface area contributed by atoms with Gasteiger partial charge in [0, 0.05) is 43.3 Å². The summed E-state index contributed by atoms with van der Waals surface area (Å²) < 4.78 is 14.9. The number of hydrogen-bond donors (Lipinski definition) is 0. The first-order valence-corrected chi connectivity index (χ1v) is 8.86. The Hall–Kier alpha value is -3.43. The van der Waals surface area contributed by atoms with Gasteiger partial charge in [-0.1, -0.05) is 0 Å². The van der Waals surface area contributed by atoms with Crippen LogP contribution >= 0.6 is 0 Å². The first-order chi connectivity index (χ1) is 13.5. The van der Waals surface area contributed by atoms with Crippen LogP contribution in [0.5, 0.6) is 0 Å². The second kappa shape index (κ2) is 7.29. The molecule has 3 heterocycles. The smallest absolute Gasteiger partial charge is 0.254 e. The predicted molar refractivity (Wildman–Crippen MR) is 96.7 cm³/mol. The van der Waals surface area contributed by atoms with Gasteiger partial charge >= 0.3 is 0 Å². The molecule has 0 saturated carbocycles. The second-order valence-electron chi connectivity index (χ2n) is 6.65. The maximum Gasteiger partial charge on any atom is 0.254 e. The lowest BCUT2D eigenvalue weighted by Gasteiger charge is -2.35. The Morgan fingerprint density at radius 1 is 1.11 bits per heavy atom. The maximum absolute atomic E-state index is 13.5. The standard InChI is InChI=1S/C18H18FN7O2/c1-12-8-15(14-3-2-13(19)9-16(14)21-12)18(28)25-6-4-24(5-7-25)17(27)10-26-11-20-22-23-26/h2-3,8-9,11H,4-7,10H2,1H3. The van der Waals surface area contributed by atoms with Gasteiger partial charge in [-0.2, -0.15) is 0 Å². The molecule has 1 aliphatic rings. The van der Waals surface area contributed by atoms with E-state index in [1.807, 2.05) is 0 Å². The van der Waals surface area contributed by atoms with Crippen LogP contribution in [0.15, 0.2) is 30.6 Å². The molecule has 3 aromatic rings. The molecule has 2 amide bonds. The van der Waals surface area contributed by atoms with Crippen molar-refractivity contribution in [3.8, 4) is 0 Å². The molecule has 0 bridgehead atoms. The lowest BCUT2D eigenvalue weighted by molar-refractivity contribution is -0.133. The lowest BCUT2D eigenvalue weighted by atomic mass is 10.1. The van der Waals surface area contributed by atoms with E-state index in [0.717, 1.165) is 0 Å². The SMILES string of the molecule is Cc1cc(C(=O)N2CCN(C(=O)Cn3cnnn3)CC2)c2ccc(F)cc2n1. The van der Waals surface area contributed by atoms with E-state index in [2.05, 4.69) is 20.5 Å². The summed E-state index contributed by atoms with van der Waals surface area (Å²) in [6, 6.07) is 5.95. The van der Waals surface area contributed by atoms with E-state index in [-0.39, 0.29) is 18.4 Å². The van der Waals surface area contributed by atoms with Crippen molar-refractivity contribution in [2.75, 3.05) is 26.2 Å². The van der Waals surface area contributed by atoms with Gasteiger partial charge in [-0.3, -0.25) is 14.6 Å². The molecule has 144 valence electrons. The van der Waals surface area contributed by atoms with E-state index >= 15 is 0 Å². The number of fused-ring (bicyclic) bond motifs is 1. The molecule has 0 spiro atoms. The number of aromatic nitrogens is 5. The number of nitrogens with zero attached hydrogens (tertiary/aromatic N) is 7. The number of hydrogen-bond acceptors (Lipinski definition) is 6. The number of benzene rings is 1. The Morgan fingerprint density at radius 2 is 1.86 bits per heavy atom. The highest BCUT2D eigenvalue weighted by atomic mass is 19.1. The largest absolute Gasteiger partial charge is 0.338 e. The zero-order valence-electron chi connectivity index (χ0n) is 15.2. The monoisotopic (exact) mass is 383 g/mol. The van der Waals surface area contributed by atoms with Crippen LogP contribution in [-0.4, -0.2) is 73.0 Å². The molecular weight excluding hydrogens is 365 g/mol. The zero-order valence-corrected chi connectivity index (χ0v) is 15.2. The molecule has 4 rings (SSSR count). The number of tetrazole rings is 1. The maximum atomic E-state index is 13.5. The normalized spacial score (nSPS) is 14.5. The van der Waals surface area contributed by atoms with Crippen molar-refractivity contribution in [2.24, 2.45) is 0 Å². The fraction of sp³-hybridized carbons (Fsp3) is 0.333. The molecule has 0 radical (unpaired) electrons. The molecule has 0 atom stereocenters. The molecule has 0 N–H and O–H groups in total. The molecule has 9 nitrogen and oxygen atoms in total. The van der Waals surface area contributed by atoms with Crippen LogP contribution in [0.4, 0.5) is 4.39 Å². The summed E-state index contributed by atoms with van der Waals surface area (Å²) in [5, 5.41) is 11.3. The summed E-state index contributed by atoms with van der Waals surface area (Å²) in [4.78, 5) is 33.1. The summed E-state index contributed by atoms with van der Waals surface area (Å²) in [5.74, 6) is -0.631. The minimum Gasteiger partial charge on any atom is -0.338 e. The number of carbonyl (C=O) groups is 2. The number of amides is 2. The van der Waals surface area contributed by atoms with E-state index in [4.69, 9.17) is 0 Å². The predicted octanol–water partition coefficient (Wildman–Crippen LogP) is 0.653. The number of aryl methyl sites for hydroxylation is 1. The van der Waals surface area contributed by atoms with Gasteiger partial charge in [0.2, 0.25) is 5.91 Å². The zero-order chi connectivity index (χ0) is 19.7. The average Bonchev–Trinajstić information content (AvgIpc) is 3.19. The Labute approximate surface area is 159 Å². The Bertz CT molecular complexity index is 1020. The lowest BCUT2D eigenvalue weighted by Crippen LogP contribution is -2.51. The Morgan fingerprint density at radius 3 is 2.57 bits per heavy atom. The highest BCUT2D eigenvalue weighted by Gasteiger charge is 2.26. The van der Waals surface area contributed by atoms with Crippen molar-refractivity contribution in [3.05, 3.63) is 47.7 Å². The van der Waals surface area contributed by atoms with E-state index < -0.39 is 5.82 Å². The third kappa shape index (κ3) is 3.53. The molecule has 10 heteroatoms. The first-order valence-electron chi connectivity index (χ1n) is 8.86. The minimum absolute atomic E-state index is 0.0701. The number of piperazine rings is 1. The molecule has 2 aromatic heterocycles. The Balaban J connectivity index is 1.47. The highest BCUT2D eigenvalue weighted by molar-refractivity contribution is 6.06. The summed E-state index contributed by atoms with van der Waals surface area (Å²) >= 11 is 0. The van der Waals surface area contributed by atoms with Gasteiger partial charge in [-0.15, -0.1) is 5.10 Å². The van der Waals surface area contributed by atoms with Gasteiger partial charge < -0.3 is 9.80 Å². The summed E-state index contributed by atoms with van der Waals surface area (Å²) in [6.07, 6.45) is 1.39. The van der Waals surface area contributed by atoms with Gasteiger partial charge in [0.1, 0.15) is 18.7 Å². The molecule has 0 unspecified atom stereocenters. The van der Waals surface area contributed by atoms with E-state index in [1.165, 1.54) is 23.1 Å². The van der Waals surface area contributed by atoms with Crippen LogP contribution in [0.3, 0.4) is 0 Å². The van der Waals surface area contributed by atoms with Crippen LogP contribution in [0.25, 0.3) is 10.9 Å². The van der Waals surface area contributed by atoms with Crippen LogP contribution in [0.2, 0.25) is 0 Å². The molecule has 28 heavy (non-hydrogen) atoms. The van der Waals surface area contributed by atoms with Crippen LogP contribution in [0, 0.1) is 12.7 Å². The molecule has 1 aliphatic heterocycles. The second-order valence-corrected chi connectivity index (χ2v) is 6.65. The van der Waals surface area contributed by atoms with Gasteiger partial charge in [0.15, 0.2) is 0 Å². The Kier molecular flexibility index (Phi) is 4.68. The third-order valence-corrected chi connectivity index (χ3v) is 4.74.